The van der Waals surface area contributed by atoms with Gasteiger partial charge in [-0.1, -0.05) is 42.5 Å². The van der Waals surface area contributed by atoms with Crippen molar-refractivity contribution < 1.29 is 9.13 Å². The molecule has 0 amide bonds. The van der Waals surface area contributed by atoms with Crippen LogP contribution in [0, 0.1) is 5.82 Å². The van der Waals surface area contributed by atoms with Crippen molar-refractivity contribution >= 4 is 5.95 Å². The van der Waals surface area contributed by atoms with Crippen LogP contribution in [-0.4, -0.2) is 33.0 Å². The van der Waals surface area contributed by atoms with Gasteiger partial charge in [0.05, 0.1) is 36.1 Å². The number of hydrogen-bond donors (Lipinski definition) is 1. The Morgan fingerprint density at radius 2 is 1.82 bits per heavy atom. The van der Waals surface area contributed by atoms with E-state index in [1.165, 1.54) is 16.8 Å². The molecule has 0 aliphatic heterocycles. The predicted octanol–water partition coefficient (Wildman–Crippen LogP) is 4.27. The number of aromatic nitrogens is 4. The molecule has 0 unspecified atom stereocenters. The third-order valence-electron chi connectivity index (χ3n) is 5.55. The van der Waals surface area contributed by atoms with Gasteiger partial charge >= 0.3 is 0 Å². The maximum Gasteiger partial charge on any atom is 0.274 e. The van der Waals surface area contributed by atoms with Gasteiger partial charge in [0, 0.05) is 20.4 Å². The van der Waals surface area contributed by atoms with Crippen molar-refractivity contribution in [1.29, 1.82) is 0 Å². The zero-order valence-corrected chi connectivity index (χ0v) is 18.8. The summed E-state index contributed by atoms with van der Waals surface area (Å²) in [6.45, 7) is 2.90. The Morgan fingerprint density at radius 3 is 2.52 bits per heavy atom. The van der Waals surface area contributed by atoms with Crippen LogP contribution >= 0.6 is 0 Å². The van der Waals surface area contributed by atoms with Gasteiger partial charge in [-0.25, -0.2) is 14.4 Å². The van der Waals surface area contributed by atoms with E-state index >= 15 is 0 Å². The average Bonchev–Trinajstić information content (AvgIpc) is 3.09. The molecule has 4 rings (SSSR count). The SMILES string of the molecule is COCCn1c(-c2ccnc(N[C@@H](C)c3ccccc3)n2)c(-c2ccc(F)cc2)c(=O)n1C. The van der Waals surface area contributed by atoms with Crippen LogP contribution in [0.15, 0.2) is 71.7 Å². The molecule has 0 radical (unpaired) electrons. The summed E-state index contributed by atoms with van der Waals surface area (Å²) in [7, 11) is 3.31. The molecule has 0 fully saturated rings. The number of nitrogens with zero attached hydrogens (tertiary/aromatic N) is 4. The number of nitrogens with one attached hydrogen (secondary N) is 1. The van der Waals surface area contributed by atoms with Gasteiger partial charge in [-0.15, -0.1) is 0 Å². The normalized spacial score (nSPS) is 12.0. The summed E-state index contributed by atoms with van der Waals surface area (Å²) < 4.78 is 22.2. The first kappa shape index (κ1) is 22.4. The van der Waals surface area contributed by atoms with Gasteiger partial charge in [0.2, 0.25) is 5.95 Å². The third-order valence-corrected chi connectivity index (χ3v) is 5.55. The van der Waals surface area contributed by atoms with Gasteiger partial charge in [0.25, 0.3) is 5.56 Å². The first-order valence-electron chi connectivity index (χ1n) is 10.7. The van der Waals surface area contributed by atoms with E-state index in [1.54, 1.807) is 38.6 Å². The Bertz CT molecular complexity index is 1280. The number of anilines is 1. The summed E-state index contributed by atoms with van der Waals surface area (Å²) in [5.74, 6) is 0.0860. The third kappa shape index (κ3) is 4.70. The zero-order valence-electron chi connectivity index (χ0n) is 18.8. The molecule has 2 aromatic heterocycles. The minimum Gasteiger partial charge on any atom is -0.383 e. The molecule has 0 aliphatic carbocycles. The fourth-order valence-corrected chi connectivity index (χ4v) is 3.81. The van der Waals surface area contributed by atoms with E-state index in [0.717, 1.165) is 5.56 Å². The van der Waals surface area contributed by atoms with Gasteiger partial charge < -0.3 is 10.1 Å². The second-order valence-electron chi connectivity index (χ2n) is 7.72. The maximum atomic E-state index is 13.6. The van der Waals surface area contributed by atoms with Crippen molar-refractivity contribution in [2.75, 3.05) is 19.0 Å². The Kier molecular flexibility index (Phi) is 6.65. The fraction of sp³-hybridized carbons (Fsp3) is 0.240. The molecule has 1 N–H and O–H groups in total. The van der Waals surface area contributed by atoms with E-state index in [-0.39, 0.29) is 17.4 Å². The molecule has 4 aromatic rings. The molecule has 0 bridgehead atoms. The van der Waals surface area contributed by atoms with Crippen LogP contribution in [0.3, 0.4) is 0 Å². The number of benzene rings is 2. The quantitative estimate of drug-likeness (QED) is 0.437. The van der Waals surface area contributed by atoms with Crippen LogP contribution in [-0.2, 0) is 18.3 Å². The maximum absolute atomic E-state index is 13.6. The summed E-state index contributed by atoms with van der Waals surface area (Å²) in [4.78, 5) is 22.3. The number of hydrogen-bond acceptors (Lipinski definition) is 5. The fourth-order valence-electron chi connectivity index (χ4n) is 3.81. The van der Waals surface area contributed by atoms with Crippen LogP contribution in [0.1, 0.15) is 18.5 Å². The number of rotatable bonds is 8. The summed E-state index contributed by atoms with van der Waals surface area (Å²) >= 11 is 0. The van der Waals surface area contributed by atoms with Crippen LogP contribution in [0.2, 0.25) is 0 Å². The molecular weight excluding hydrogens is 421 g/mol. The summed E-state index contributed by atoms with van der Waals surface area (Å²) in [5, 5.41) is 3.33. The molecule has 8 heteroatoms. The zero-order chi connectivity index (χ0) is 23.4. The molecule has 0 saturated carbocycles. The lowest BCUT2D eigenvalue weighted by atomic mass is 10.0. The highest BCUT2D eigenvalue weighted by molar-refractivity contribution is 5.79. The lowest BCUT2D eigenvalue weighted by molar-refractivity contribution is 0.179. The van der Waals surface area contributed by atoms with Crippen molar-refractivity contribution in [2.45, 2.75) is 19.5 Å². The Morgan fingerprint density at radius 1 is 1.09 bits per heavy atom. The van der Waals surface area contributed by atoms with Gasteiger partial charge in [0.1, 0.15) is 5.82 Å². The molecule has 0 spiro atoms. The van der Waals surface area contributed by atoms with Gasteiger partial charge in [-0.2, -0.15) is 0 Å². The largest absolute Gasteiger partial charge is 0.383 e. The van der Waals surface area contributed by atoms with Crippen LogP contribution in [0.25, 0.3) is 22.5 Å². The highest BCUT2D eigenvalue weighted by atomic mass is 19.1. The summed E-state index contributed by atoms with van der Waals surface area (Å²) in [5.41, 5.74) is 3.20. The van der Waals surface area contributed by atoms with Gasteiger partial charge in [-0.3, -0.25) is 14.2 Å². The van der Waals surface area contributed by atoms with E-state index < -0.39 is 0 Å². The number of ether oxygens (including phenoxy) is 1. The topological polar surface area (TPSA) is 74.0 Å². The summed E-state index contributed by atoms with van der Waals surface area (Å²) in [6.07, 6.45) is 1.66. The highest BCUT2D eigenvalue weighted by Gasteiger charge is 2.22. The van der Waals surface area contributed by atoms with E-state index in [1.807, 2.05) is 41.9 Å². The molecule has 1 atom stereocenters. The molecule has 0 aliphatic rings. The molecule has 2 heterocycles. The Labute approximate surface area is 191 Å². The smallest absolute Gasteiger partial charge is 0.274 e. The molecular formula is C25H26FN5O2. The standard InChI is InChI=1S/C25H26FN5O2/c1-17(18-7-5-4-6-8-18)28-25-27-14-13-21(29-25)23-22(19-9-11-20(26)12-10-19)24(32)30(2)31(23)15-16-33-3/h4-14,17H,15-16H2,1-3H3,(H,27,28,29)/t17-/m0/s1. The first-order valence-corrected chi connectivity index (χ1v) is 10.7. The monoisotopic (exact) mass is 447 g/mol. The van der Waals surface area contributed by atoms with E-state index in [2.05, 4.69) is 10.3 Å². The second-order valence-corrected chi connectivity index (χ2v) is 7.72. The lowest BCUT2D eigenvalue weighted by Gasteiger charge is -2.16. The van der Waals surface area contributed by atoms with Crippen molar-refractivity contribution in [2.24, 2.45) is 7.05 Å². The molecule has 0 saturated heterocycles. The van der Waals surface area contributed by atoms with Gasteiger partial charge in [0.15, 0.2) is 0 Å². The molecule has 33 heavy (non-hydrogen) atoms. The van der Waals surface area contributed by atoms with Crippen LogP contribution in [0.4, 0.5) is 10.3 Å². The molecule has 2 aromatic carbocycles. The van der Waals surface area contributed by atoms with E-state index in [0.29, 0.717) is 41.6 Å². The number of halogens is 1. The second kappa shape index (κ2) is 9.79. The predicted molar refractivity (Wildman–Crippen MR) is 126 cm³/mol. The van der Waals surface area contributed by atoms with Crippen molar-refractivity contribution in [1.82, 2.24) is 19.3 Å². The lowest BCUT2D eigenvalue weighted by Crippen LogP contribution is -2.21. The Hall–Kier alpha value is -3.78. The highest BCUT2D eigenvalue weighted by Crippen LogP contribution is 2.30. The summed E-state index contributed by atoms with van der Waals surface area (Å²) in [6, 6.07) is 17.7. The van der Waals surface area contributed by atoms with Gasteiger partial charge in [-0.05, 0) is 36.2 Å². The Balaban J connectivity index is 1.80. The minimum atomic E-state index is -0.362. The average molecular weight is 448 g/mol. The van der Waals surface area contributed by atoms with Crippen molar-refractivity contribution in [3.05, 3.63) is 88.6 Å². The van der Waals surface area contributed by atoms with Crippen LogP contribution in [0.5, 0.6) is 0 Å². The van der Waals surface area contributed by atoms with Crippen molar-refractivity contribution in [3.63, 3.8) is 0 Å². The van der Waals surface area contributed by atoms with E-state index in [9.17, 15) is 9.18 Å². The van der Waals surface area contributed by atoms with E-state index in [4.69, 9.17) is 9.72 Å². The first-order chi connectivity index (χ1) is 16.0. The molecule has 170 valence electrons. The van der Waals surface area contributed by atoms with Crippen molar-refractivity contribution in [3.8, 4) is 22.5 Å². The number of methoxy groups -OCH3 is 1. The molecule has 7 nitrogen and oxygen atoms in total. The minimum absolute atomic E-state index is 0.00974. The van der Waals surface area contributed by atoms with Crippen LogP contribution < -0.4 is 10.9 Å².